The van der Waals surface area contributed by atoms with Crippen LogP contribution in [-0.2, 0) is 0 Å². The number of benzene rings is 2. The topological polar surface area (TPSA) is 82.1 Å². The fourth-order valence-electron chi connectivity index (χ4n) is 1.88. The molecule has 0 aliphatic rings. The second-order valence-corrected chi connectivity index (χ2v) is 5.90. The molecule has 0 N–H and O–H groups in total. The van der Waals surface area contributed by atoms with Crippen molar-refractivity contribution >= 4 is 39.9 Å². The first kappa shape index (κ1) is 14.9. The molecule has 3 rings (SSSR count). The zero-order chi connectivity index (χ0) is 15.7. The number of nitro groups is 1. The molecular formula is C14H7ClIN3O3. The Hall–Kier alpha value is -2.00. The van der Waals surface area contributed by atoms with E-state index in [4.69, 9.17) is 16.1 Å². The average molecular weight is 428 g/mol. The molecule has 0 saturated heterocycles. The van der Waals surface area contributed by atoms with Gasteiger partial charge in [0.1, 0.15) is 5.02 Å². The van der Waals surface area contributed by atoms with Gasteiger partial charge in [0.2, 0.25) is 5.82 Å². The van der Waals surface area contributed by atoms with E-state index in [-0.39, 0.29) is 16.6 Å². The number of nitro benzene ring substituents is 1. The van der Waals surface area contributed by atoms with E-state index in [1.54, 1.807) is 6.07 Å². The molecule has 0 atom stereocenters. The maximum Gasteiger partial charge on any atom is 0.288 e. The molecule has 110 valence electrons. The fraction of sp³-hybridized carbons (Fsp3) is 0. The highest BCUT2D eigenvalue weighted by atomic mass is 127. The van der Waals surface area contributed by atoms with Gasteiger partial charge in [-0.1, -0.05) is 28.9 Å². The molecule has 0 amide bonds. The second kappa shape index (κ2) is 6.01. The van der Waals surface area contributed by atoms with Crippen LogP contribution < -0.4 is 0 Å². The fourth-order valence-corrected chi connectivity index (χ4v) is 2.69. The van der Waals surface area contributed by atoms with Crippen LogP contribution in [0, 0.1) is 13.7 Å². The molecule has 0 aliphatic heterocycles. The third-order valence-electron chi connectivity index (χ3n) is 2.93. The number of hydrogen-bond acceptors (Lipinski definition) is 5. The van der Waals surface area contributed by atoms with Crippen LogP contribution in [0.1, 0.15) is 0 Å². The van der Waals surface area contributed by atoms with Gasteiger partial charge in [0, 0.05) is 20.8 Å². The molecule has 0 fully saturated rings. The van der Waals surface area contributed by atoms with Gasteiger partial charge in [-0.05, 0) is 46.9 Å². The normalized spacial score (nSPS) is 10.6. The summed E-state index contributed by atoms with van der Waals surface area (Å²) < 4.78 is 6.19. The Morgan fingerprint density at radius 1 is 1.23 bits per heavy atom. The van der Waals surface area contributed by atoms with Gasteiger partial charge >= 0.3 is 0 Å². The van der Waals surface area contributed by atoms with Crippen LogP contribution in [0.15, 0.2) is 47.0 Å². The van der Waals surface area contributed by atoms with E-state index < -0.39 is 4.92 Å². The third kappa shape index (κ3) is 2.81. The summed E-state index contributed by atoms with van der Waals surface area (Å²) in [6.45, 7) is 0. The van der Waals surface area contributed by atoms with Crippen LogP contribution in [-0.4, -0.2) is 15.1 Å². The molecule has 0 saturated carbocycles. The first-order chi connectivity index (χ1) is 10.6. The van der Waals surface area contributed by atoms with Gasteiger partial charge in [-0.25, -0.2) is 0 Å². The molecule has 1 aromatic heterocycles. The smallest absolute Gasteiger partial charge is 0.288 e. The van der Waals surface area contributed by atoms with E-state index in [1.807, 2.05) is 24.3 Å². The minimum atomic E-state index is -0.552. The Morgan fingerprint density at radius 3 is 2.73 bits per heavy atom. The molecule has 0 bridgehead atoms. The average Bonchev–Trinajstić information content (AvgIpc) is 2.97. The zero-order valence-electron chi connectivity index (χ0n) is 10.9. The molecule has 0 unspecified atom stereocenters. The summed E-state index contributed by atoms with van der Waals surface area (Å²) in [6.07, 6.45) is 0. The van der Waals surface area contributed by atoms with Crippen molar-refractivity contribution in [1.29, 1.82) is 0 Å². The first-order valence-electron chi connectivity index (χ1n) is 6.09. The van der Waals surface area contributed by atoms with Crippen LogP contribution in [0.3, 0.4) is 0 Å². The highest BCUT2D eigenvalue weighted by Crippen LogP contribution is 2.31. The van der Waals surface area contributed by atoms with Crippen molar-refractivity contribution in [2.45, 2.75) is 0 Å². The minimum Gasteiger partial charge on any atom is -0.334 e. The summed E-state index contributed by atoms with van der Waals surface area (Å²) in [4.78, 5) is 14.7. The van der Waals surface area contributed by atoms with Gasteiger partial charge in [0.25, 0.3) is 11.6 Å². The molecule has 0 aliphatic carbocycles. The van der Waals surface area contributed by atoms with Crippen LogP contribution in [0.5, 0.6) is 0 Å². The summed E-state index contributed by atoms with van der Waals surface area (Å²) in [5, 5.41) is 14.9. The van der Waals surface area contributed by atoms with Gasteiger partial charge in [-0.2, -0.15) is 4.98 Å². The summed E-state index contributed by atoms with van der Waals surface area (Å²) in [5.74, 6) is 0.632. The molecular weight excluding hydrogens is 421 g/mol. The summed E-state index contributed by atoms with van der Waals surface area (Å²) >= 11 is 7.97. The first-order valence-corrected chi connectivity index (χ1v) is 7.55. The number of halogens is 2. The summed E-state index contributed by atoms with van der Waals surface area (Å²) in [7, 11) is 0. The lowest BCUT2D eigenvalue weighted by Crippen LogP contribution is -1.90. The van der Waals surface area contributed by atoms with E-state index in [1.165, 1.54) is 12.1 Å². The number of rotatable bonds is 3. The number of hydrogen-bond donors (Lipinski definition) is 0. The Morgan fingerprint density at radius 2 is 2.00 bits per heavy atom. The van der Waals surface area contributed by atoms with Crippen LogP contribution in [0.2, 0.25) is 5.02 Å². The lowest BCUT2D eigenvalue weighted by molar-refractivity contribution is -0.384. The van der Waals surface area contributed by atoms with Gasteiger partial charge in [-0.3, -0.25) is 10.1 Å². The predicted octanol–water partition coefficient (Wildman–Crippen LogP) is 4.57. The van der Waals surface area contributed by atoms with Crippen molar-refractivity contribution in [2.24, 2.45) is 0 Å². The molecule has 0 radical (unpaired) electrons. The Labute approximate surface area is 143 Å². The van der Waals surface area contributed by atoms with Gasteiger partial charge < -0.3 is 4.52 Å². The van der Waals surface area contributed by atoms with Crippen molar-refractivity contribution in [3.05, 3.63) is 61.2 Å². The van der Waals surface area contributed by atoms with E-state index in [0.717, 1.165) is 9.13 Å². The van der Waals surface area contributed by atoms with Crippen molar-refractivity contribution < 1.29 is 9.45 Å². The maximum absolute atomic E-state index is 10.9. The van der Waals surface area contributed by atoms with Crippen molar-refractivity contribution in [3.63, 3.8) is 0 Å². The molecule has 3 aromatic rings. The second-order valence-electron chi connectivity index (χ2n) is 4.33. The minimum absolute atomic E-state index is 0.0612. The SMILES string of the molecule is O=[N+]([O-])c1cc(-c2nc(-c3ccccc3I)no2)ccc1Cl. The molecule has 2 aromatic carbocycles. The van der Waals surface area contributed by atoms with E-state index in [9.17, 15) is 10.1 Å². The van der Waals surface area contributed by atoms with Gasteiger partial charge in [0.15, 0.2) is 0 Å². The van der Waals surface area contributed by atoms with E-state index in [0.29, 0.717) is 11.4 Å². The van der Waals surface area contributed by atoms with Crippen LogP contribution in [0.25, 0.3) is 22.8 Å². The molecule has 22 heavy (non-hydrogen) atoms. The maximum atomic E-state index is 10.9. The third-order valence-corrected chi connectivity index (χ3v) is 4.19. The lowest BCUT2D eigenvalue weighted by Gasteiger charge is -1.98. The van der Waals surface area contributed by atoms with Crippen LogP contribution in [0.4, 0.5) is 5.69 Å². The van der Waals surface area contributed by atoms with Gasteiger partial charge in [0.05, 0.1) is 4.92 Å². The predicted molar refractivity (Wildman–Crippen MR) is 89.6 cm³/mol. The summed E-state index contributed by atoms with van der Waals surface area (Å²) in [6, 6.07) is 11.9. The molecule has 8 heteroatoms. The number of nitrogens with zero attached hydrogens (tertiary/aromatic N) is 3. The standard InChI is InChI=1S/C14H7ClIN3O3/c15-10-6-5-8(7-12(10)19(20)21)14-17-13(18-22-14)9-3-1-2-4-11(9)16/h1-7H. The van der Waals surface area contributed by atoms with Crippen molar-refractivity contribution in [2.75, 3.05) is 0 Å². The van der Waals surface area contributed by atoms with Crippen LogP contribution >= 0.6 is 34.2 Å². The monoisotopic (exact) mass is 427 g/mol. The Kier molecular flexibility index (Phi) is 4.08. The lowest BCUT2D eigenvalue weighted by atomic mass is 10.2. The highest BCUT2D eigenvalue weighted by Gasteiger charge is 2.18. The molecule has 0 spiro atoms. The Balaban J connectivity index is 2.03. The zero-order valence-corrected chi connectivity index (χ0v) is 13.8. The summed E-state index contributed by atoms with van der Waals surface area (Å²) in [5.41, 5.74) is 1.08. The molecule has 1 heterocycles. The van der Waals surface area contributed by atoms with Gasteiger partial charge in [-0.15, -0.1) is 0 Å². The van der Waals surface area contributed by atoms with Crippen molar-refractivity contribution in [1.82, 2.24) is 10.1 Å². The van der Waals surface area contributed by atoms with E-state index >= 15 is 0 Å². The largest absolute Gasteiger partial charge is 0.334 e. The highest BCUT2D eigenvalue weighted by molar-refractivity contribution is 14.1. The quantitative estimate of drug-likeness (QED) is 0.347. The molecule has 6 nitrogen and oxygen atoms in total. The number of aromatic nitrogens is 2. The Bertz CT molecular complexity index is 866. The van der Waals surface area contributed by atoms with E-state index in [2.05, 4.69) is 32.7 Å². The van der Waals surface area contributed by atoms with Crippen molar-refractivity contribution in [3.8, 4) is 22.8 Å².